The molecule has 3 N–H and O–H groups in total. The largest absolute Gasteiger partial charge is 0.432 e. The van der Waals surface area contributed by atoms with E-state index in [-0.39, 0.29) is 0 Å². The quantitative estimate of drug-likeness (QED) is 0.566. The summed E-state index contributed by atoms with van der Waals surface area (Å²) < 4.78 is 34.5. The van der Waals surface area contributed by atoms with Crippen LogP contribution in [-0.4, -0.2) is 25.8 Å². The maximum atomic E-state index is 14.3. The molecule has 2 atom stereocenters. The first-order valence-corrected chi connectivity index (χ1v) is 7.13. The van der Waals surface area contributed by atoms with Gasteiger partial charge in [-0.25, -0.2) is 14.6 Å². The Hall–Kier alpha value is -3.07. The van der Waals surface area contributed by atoms with Gasteiger partial charge in [-0.1, -0.05) is 6.08 Å². The van der Waals surface area contributed by atoms with Crippen LogP contribution in [0.25, 0.3) is 17.2 Å². The maximum absolute atomic E-state index is 14.3. The second kappa shape index (κ2) is 5.53. The van der Waals surface area contributed by atoms with Crippen molar-refractivity contribution < 1.29 is 13.2 Å². The average molecular weight is 330 g/mol. The third-order valence-electron chi connectivity index (χ3n) is 3.78. The standard InChI is InChI=1S/C15H12F2N6O/c16-8-1-2-9(10(17)7-8)13-14(23-5-6-24-15(23)19-13)11-3-4-12(20-18)22-21-11/h1-7,9-10H,18H2,(H,20,22). The number of hydrogen-bond donors (Lipinski definition) is 2. The van der Waals surface area contributed by atoms with Crippen LogP contribution in [-0.2, 0) is 0 Å². The van der Waals surface area contributed by atoms with Gasteiger partial charge in [-0.15, -0.1) is 10.2 Å². The Bertz CT molecular complexity index is 943. The second-order valence-electron chi connectivity index (χ2n) is 5.23. The summed E-state index contributed by atoms with van der Waals surface area (Å²) in [5.74, 6) is 4.61. The Kier molecular flexibility index (Phi) is 3.35. The van der Waals surface area contributed by atoms with E-state index in [0.29, 0.717) is 28.7 Å². The first kappa shape index (κ1) is 14.5. The number of allylic oxidation sites excluding steroid dienone is 4. The van der Waals surface area contributed by atoms with Crippen LogP contribution < -0.4 is 11.3 Å². The smallest absolute Gasteiger partial charge is 0.306 e. The molecule has 3 aromatic rings. The van der Waals surface area contributed by atoms with Crippen molar-refractivity contribution in [2.24, 2.45) is 5.84 Å². The first-order valence-electron chi connectivity index (χ1n) is 7.13. The summed E-state index contributed by atoms with van der Waals surface area (Å²) in [6.07, 6.45) is 5.15. The number of fused-ring (bicyclic) bond motifs is 1. The van der Waals surface area contributed by atoms with Crippen molar-refractivity contribution >= 4 is 11.7 Å². The molecule has 0 aromatic carbocycles. The fourth-order valence-corrected chi connectivity index (χ4v) is 2.68. The third-order valence-corrected chi connectivity index (χ3v) is 3.78. The zero-order chi connectivity index (χ0) is 16.7. The molecule has 0 amide bonds. The Balaban J connectivity index is 1.87. The van der Waals surface area contributed by atoms with E-state index < -0.39 is 17.9 Å². The first-order chi connectivity index (χ1) is 11.7. The molecule has 0 saturated carbocycles. The fraction of sp³-hybridized carbons (Fsp3) is 0.133. The highest BCUT2D eigenvalue weighted by molar-refractivity contribution is 5.64. The number of nitrogen functional groups attached to an aromatic ring is 1. The third kappa shape index (κ3) is 2.26. The Morgan fingerprint density at radius 2 is 2.17 bits per heavy atom. The van der Waals surface area contributed by atoms with Crippen molar-refractivity contribution in [1.29, 1.82) is 0 Å². The van der Waals surface area contributed by atoms with Gasteiger partial charge in [0.1, 0.15) is 29.6 Å². The highest BCUT2D eigenvalue weighted by Crippen LogP contribution is 2.36. The number of nitrogens with one attached hydrogen (secondary N) is 1. The molecule has 122 valence electrons. The summed E-state index contributed by atoms with van der Waals surface area (Å²) in [4.78, 5) is 4.34. The molecule has 0 fully saturated rings. The molecule has 1 aliphatic rings. The molecule has 0 radical (unpaired) electrons. The Labute approximate surface area is 134 Å². The summed E-state index contributed by atoms with van der Waals surface area (Å²) in [5.41, 5.74) is 3.78. The van der Waals surface area contributed by atoms with Crippen molar-refractivity contribution in [1.82, 2.24) is 19.6 Å². The number of nitrogens with zero attached hydrogens (tertiary/aromatic N) is 4. The van der Waals surface area contributed by atoms with Gasteiger partial charge in [-0.2, -0.15) is 4.98 Å². The lowest BCUT2D eigenvalue weighted by atomic mass is 9.93. The lowest BCUT2D eigenvalue weighted by Crippen LogP contribution is -2.14. The van der Waals surface area contributed by atoms with Gasteiger partial charge in [0.25, 0.3) is 0 Å². The van der Waals surface area contributed by atoms with E-state index in [1.165, 1.54) is 18.4 Å². The van der Waals surface area contributed by atoms with Gasteiger partial charge in [0, 0.05) is 6.20 Å². The number of rotatable bonds is 3. The second-order valence-corrected chi connectivity index (χ2v) is 5.23. The molecule has 2 unspecified atom stereocenters. The van der Waals surface area contributed by atoms with Crippen LogP contribution in [0.5, 0.6) is 0 Å². The number of hydrazine groups is 1. The average Bonchev–Trinajstić information content (AvgIpc) is 3.16. The molecule has 3 aromatic heterocycles. The molecule has 9 heteroatoms. The predicted octanol–water partition coefficient (Wildman–Crippen LogP) is 2.51. The van der Waals surface area contributed by atoms with E-state index in [9.17, 15) is 8.78 Å². The number of oxazole rings is 1. The molecule has 4 rings (SSSR count). The van der Waals surface area contributed by atoms with Gasteiger partial charge in [0.05, 0.1) is 11.6 Å². The number of anilines is 1. The van der Waals surface area contributed by atoms with Gasteiger partial charge >= 0.3 is 5.84 Å². The normalized spacial score (nSPS) is 20.4. The van der Waals surface area contributed by atoms with E-state index in [2.05, 4.69) is 20.6 Å². The molecule has 1 aliphatic carbocycles. The van der Waals surface area contributed by atoms with Crippen LogP contribution in [0, 0.1) is 0 Å². The van der Waals surface area contributed by atoms with Crippen LogP contribution in [0.15, 0.2) is 53.1 Å². The van der Waals surface area contributed by atoms with E-state index in [4.69, 9.17) is 10.3 Å². The van der Waals surface area contributed by atoms with Crippen molar-refractivity contribution in [3.05, 3.63) is 54.3 Å². The van der Waals surface area contributed by atoms with Crippen molar-refractivity contribution in [3.8, 4) is 11.4 Å². The van der Waals surface area contributed by atoms with Gasteiger partial charge in [0.15, 0.2) is 5.82 Å². The Morgan fingerprint density at radius 1 is 1.29 bits per heavy atom. The van der Waals surface area contributed by atoms with E-state index >= 15 is 0 Å². The SMILES string of the molecule is NNc1ccc(-c2c(C3C=CC(F)=CC3F)nc3occn23)nn1. The maximum Gasteiger partial charge on any atom is 0.306 e. The molecular weight excluding hydrogens is 318 g/mol. The van der Waals surface area contributed by atoms with Gasteiger partial charge in [0.2, 0.25) is 0 Å². The number of hydrogen-bond acceptors (Lipinski definition) is 6. The molecule has 24 heavy (non-hydrogen) atoms. The van der Waals surface area contributed by atoms with Crippen LogP contribution >= 0.6 is 0 Å². The number of imidazole rings is 1. The minimum absolute atomic E-state index is 0.290. The number of halogens is 2. The van der Waals surface area contributed by atoms with Crippen molar-refractivity contribution in [2.45, 2.75) is 12.1 Å². The van der Waals surface area contributed by atoms with Crippen molar-refractivity contribution in [3.63, 3.8) is 0 Å². The minimum atomic E-state index is -1.54. The monoisotopic (exact) mass is 330 g/mol. The summed E-state index contributed by atoms with van der Waals surface area (Å²) in [6, 6.07) is 3.31. The van der Waals surface area contributed by atoms with E-state index in [1.807, 2.05) is 0 Å². The number of alkyl halides is 1. The zero-order valence-corrected chi connectivity index (χ0v) is 12.2. The zero-order valence-electron chi connectivity index (χ0n) is 12.2. The Morgan fingerprint density at radius 3 is 2.88 bits per heavy atom. The molecular formula is C15H12F2N6O. The molecule has 0 saturated heterocycles. The lowest BCUT2D eigenvalue weighted by Gasteiger charge is -2.17. The molecule has 3 heterocycles. The van der Waals surface area contributed by atoms with Crippen LogP contribution in [0.1, 0.15) is 11.6 Å². The van der Waals surface area contributed by atoms with Gasteiger partial charge in [-0.05, 0) is 24.3 Å². The van der Waals surface area contributed by atoms with Crippen LogP contribution in [0.4, 0.5) is 14.6 Å². The van der Waals surface area contributed by atoms with E-state index in [0.717, 1.165) is 6.08 Å². The van der Waals surface area contributed by atoms with Gasteiger partial charge in [-0.3, -0.25) is 4.40 Å². The highest BCUT2D eigenvalue weighted by atomic mass is 19.1. The van der Waals surface area contributed by atoms with Crippen molar-refractivity contribution in [2.75, 3.05) is 5.43 Å². The minimum Gasteiger partial charge on any atom is -0.432 e. The highest BCUT2D eigenvalue weighted by Gasteiger charge is 2.30. The topological polar surface area (TPSA) is 94.3 Å². The molecule has 7 nitrogen and oxygen atoms in total. The van der Waals surface area contributed by atoms with E-state index in [1.54, 1.807) is 22.7 Å². The summed E-state index contributed by atoms with van der Waals surface area (Å²) in [7, 11) is 0. The fourth-order valence-electron chi connectivity index (χ4n) is 2.68. The summed E-state index contributed by atoms with van der Waals surface area (Å²) >= 11 is 0. The number of nitrogens with two attached hydrogens (primary N) is 1. The summed E-state index contributed by atoms with van der Waals surface area (Å²) in [6.45, 7) is 0. The molecule has 0 spiro atoms. The molecule has 0 aliphatic heterocycles. The lowest BCUT2D eigenvalue weighted by molar-refractivity contribution is 0.358. The van der Waals surface area contributed by atoms with Crippen LogP contribution in [0.2, 0.25) is 0 Å². The van der Waals surface area contributed by atoms with Crippen LogP contribution in [0.3, 0.4) is 0 Å². The predicted molar refractivity (Wildman–Crippen MR) is 82.3 cm³/mol. The number of aromatic nitrogens is 4. The molecule has 0 bridgehead atoms. The van der Waals surface area contributed by atoms with Gasteiger partial charge < -0.3 is 9.84 Å². The summed E-state index contributed by atoms with van der Waals surface area (Å²) in [5, 5.41) is 8.01.